The normalized spacial score (nSPS) is 33.1. The van der Waals surface area contributed by atoms with E-state index in [1.165, 1.54) is 12.7 Å². The Kier molecular flexibility index (Phi) is 7.71. The fraction of sp³-hybridized carbons (Fsp3) is 0.520. The van der Waals surface area contributed by atoms with Crippen LogP contribution in [0.15, 0.2) is 48.5 Å². The van der Waals surface area contributed by atoms with E-state index in [0.717, 1.165) is 25.7 Å². The van der Waals surface area contributed by atoms with E-state index in [4.69, 9.17) is 25.8 Å². The summed E-state index contributed by atoms with van der Waals surface area (Å²) in [6, 6.07) is 15.8. The third kappa shape index (κ3) is 5.11. The van der Waals surface area contributed by atoms with Crippen molar-refractivity contribution in [3.63, 3.8) is 0 Å². The highest BCUT2D eigenvalue weighted by Crippen LogP contribution is 2.39. The Balaban J connectivity index is 1.44. The molecule has 7 heteroatoms. The lowest BCUT2D eigenvalue weighted by atomic mass is 9.83. The molecule has 174 valence electrons. The van der Waals surface area contributed by atoms with Gasteiger partial charge >= 0.3 is 0 Å². The van der Waals surface area contributed by atoms with Gasteiger partial charge in [-0.05, 0) is 54.9 Å². The first kappa shape index (κ1) is 23.5. The lowest BCUT2D eigenvalue weighted by Crippen LogP contribution is -2.55. The van der Waals surface area contributed by atoms with E-state index in [-0.39, 0.29) is 12.7 Å². The van der Waals surface area contributed by atoms with Gasteiger partial charge in [-0.2, -0.15) is 0 Å². The van der Waals surface area contributed by atoms with Gasteiger partial charge in [0.15, 0.2) is 0 Å². The molecular formula is C25H31ClO6. The third-order valence-electron chi connectivity index (χ3n) is 6.57. The number of aliphatic hydroxyl groups excluding tert-OH is 3. The lowest BCUT2D eigenvalue weighted by Gasteiger charge is -2.40. The number of methoxy groups -OCH3 is 1. The molecule has 4 rings (SSSR count). The SMILES string of the molecule is COC[C@H]1O[C@@H](c2ccc(Cl)c(OC3CCC(c4ccccc4)CC3)c2)[C@H](O)[C@@H](O)[C@@H]1O. The van der Waals surface area contributed by atoms with Crippen molar-refractivity contribution in [2.45, 2.75) is 68.2 Å². The van der Waals surface area contributed by atoms with Gasteiger partial charge in [0.1, 0.15) is 36.3 Å². The first-order valence-corrected chi connectivity index (χ1v) is 11.6. The molecule has 2 aliphatic rings. The van der Waals surface area contributed by atoms with Crippen molar-refractivity contribution < 1.29 is 29.5 Å². The van der Waals surface area contributed by atoms with E-state index < -0.39 is 30.5 Å². The number of ether oxygens (including phenoxy) is 3. The molecule has 2 aromatic rings. The fourth-order valence-electron chi connectivity index (χ4n) is 4.73. The van der Waals surface area contributed by atoms with Crippen LogP contribution in [-0.2, 0) is 9.47 Å². The minimum absolute atomic E-state index is 0.0635. The van der Waals surface area contributed by atoms with Crippen molar-refractivity contribution in [1.29, 1.82) is 0 Å². The highest BCUT2D eigenvalue weighted by Gasteiger charge is 2.44. The van der Waals surface area contributed by atoms with Crippen molar-refractivity contribution in [2.75, 3.05) is 13.7 Å². The standard InChI is InChI=1S/C25H31ClO6/c1-30-14-21-22(27)23(28)24(29)25(32-21)17-9-12-19(26)20(13-17)31-18-10-7-16(8-11-18)15-5-3-2-4-6-15/h2-6,9,12-13,16,18,21-25,27-29H,7-8,10-11,14H2,1H3/t16?,18?,21-,22-,23+,24-,25+/m1/s1. The lowest BCUT2D eigenvalue weighted by molar-refractivity contribution is -0.233. The Morgan fingerprint density at radius 3 is 2.31 bits per heavy atom. The molecule has 2 fully saturated rings. The van der Waals surface area contributed by atoms with Crippen LogP contribution < -0.4 is 4.74 Å². The van der Waals surface area contributed by atoms with Crippen LogP contribution in [0.3, 0.4) is 0 Å². The Morgan fingerprint density at radius 1 is 0.906 bits per heavy atom. The second-order valence-corrected chi connectivity index (χ2v) is 9.12. The predicted molar refractivity (Wildman–Crippen MR) is 121 cm³/mol. The summed E-state index contributed by atoms with van der Waals surface area (Å²) >= 11 is 6.41. The second-order valence-electron chi connectivity index (χ2n) is 8.71. The maximum atomic E-state index is 10.5. The highest BCUT2D eigenvalue weighted by molar-refractivity contribution is 6.32. The van der Waals surface area contributed by atoms with Crippen LogP contribution in [0, 0.1) is 0 Å². The molecule has 2 aromatic carbocycles. The summed E-state index contributed by atoms with van der Waals surface area (Å²) < 4.78 is 17.2. The minimum Gasteiger partial charge on any atom is -0.489 e. The van der Waals surface area contributed by atoms with Crippen molar-refractivity contribution in [1.82, 2.24) is 0 Å². The summed E-state index contributed by atoms with van der Waals surface area (Å²) in [6.45, 7) is 0.100. The summed E-state index contributed by atoms with van der Waals surface area (Å²) in [5, 5.41) is 31.4. The molecule has 1 aliphatic carbocycles. The largest absolute Gasteiger partial charge is 0.489 e. The molecule has 1 aliphatic heterocycles. The topological polar surface area (TPSA) is 88.4 Å². The number of hydrogen-bond donors (Lipinski definition) is 3. The van der Waals surface area contributed by atoms with Gasteiger partial charge in [0.25, 0.3) is 0 Å². The van der Waals surface area contributed by atoms with Crippen molar-refractivity contribution >= 4 is 11.6 Å². The van der Waals surface area contributed by atoms with Crippen LogP contribution in [0.2, 0.25) is 5.02 Å². The molecule has 3 N–H and O–H groups in total. The van der Waals surface area contributed by atoms with Gasteiger partial charge in [-0.3, -0.25) is 0 Å². The van der Waals surface area contributed by atoms with E-state index in [0.29, 0.717) is 22.3 Å². The molecule has 1 saturated heterocycles. The fourth-order valence-corrected chi connectivity index (χ4v) is 4.90. The van der Waals surface area contributed by atoms with Crippen LogP contribution >= 0.6 is 11.6 Å². The summed E-state index contributed by atoms with van der Waals surface area (Å²) in [5.74, 6) is 1.08. The second kappa shape index (κ2) is 10.5. The molecule has 5 atom stereocenters. The summed E-state index contributed by atoms with van der Waals surface area (Å²) in [4.78, 5) is 0. The minimum atomic E-state index is -1.35. The number of aliphatic hydroxyl groups is 3. The molecule has 1 saturated carbocycles. The molecular weight excluding hydrogens is 432 g/mol. The van der Waals surface area contributed by atoms with E-state index >= 15 is 0 Å². The summed E-state index contributed by atoms with van der Waals surface area (Å²) in [5.41, 5.74) is 2.00. The molecule has 1 heterocycles. The molecule has 0 bridgehead atoms. The van der Waals surface area contributed by atoms with Crippen LogP contribution in [0.5, 0.6) is 5.75 Å². The number of rotatable bonds is 6. The van der Waals surface area contributed by atoms with Crippen LogP contribution in [-0.4, -0.2) is 59.6 Å². The number of halogens is 1. The monoisotopic (exact) mass is 462 g/mol. The zero-order valence-electron chi connectivity index (χ0n) is 18.1. The van der Waals surface area contributed by atoms with Gasteiger partial charge in [0.05, 0.1) is 17.7 Å². The quantitative estimate of drug-likeness (QED) is 0.607. The van der Waals surface area contributed by atoms with Gasteiger partial charge in [-0.15, -0.1) is 0 Å². The Labute approximate surface area is 193 Å². The average Bonchev–Trinajstić information content (AvgIpc) is 2.82. The maximum absolute atomic E-state index is 10.5. The van der Waals surface area contributed by atoms with Crippen molar-refractivity contribution in [3.05, 3.63) is 64.7 Å². The molecule has 0 amide bonds. The Bertz CT molecular complexity index is 870. The van der Waals surface area contributed by atoms with E-state index in [1.807, 2.05) is 6.07 Å². The molecule has 0 unspecified atom stereocenters. The van der Waals surface area contributed by atoms with Crippen LogP contribution in [0.1, 0.15) is 48.8 Å². The molecule has 0 spiro atoms. The van der Waals surface area contributed by atoms with Crippen LogP contribution in [0.4, 0.5) is 0 Å². The number of hydrogen-bond acceptors (Lipinski definition) is 6. The Morgan fingerprint density at radius 2 is 1.62 bits per heavy atom. The predicted octanol–water partition coefficient (Wildman–Crippen LogP) is 3.61. The first-order valence-electron chi connectivity index (χ1n) is 11.2. The highest BCUT2D eigenvalue weighted by atomic mass is 35.5. The van der Waals surface area contributed by atoms with E-state index in [1.54, 1.807) is 18.2 Å². The molecule has 32 heavy (non-hydrogen) atoms. The van der Waals surface area contributed by atoms with Gasteiger partial charge in [0.2, 0.25) is 0 Å². The van der Waals surface area contributed by atoms with Crippen molar-refractivity contribution in [3.8, 4) is 5.75 Å². The molecule has 0 radical (unpaired) electrons. The summed E-state index contributed by atoms with van der Waals surface area (Å²) in [6.07, 6.45) is -1.40. The van der Waals surface area contributed by atoms with Gasteiger partial charge in [-0.1, -0.05) is 48.0 Å². The smallest absolute Gasteiger partial charge is 0.138 e. The van der Waals surface area contributed by atoms with E-state index in [2.05, 4.69) is 24.3 Å². The zero-order valence-corrected chi connectivity index (χ0v) is 18.9. The number of benzene rings is 2. The van der Waals surface area contributed by atoms with Gasteiger partial charge in [-0.25, -0.2) is 0 Å². The average molecular weight is 463 g/mol. The zero-order chi connectivity index (χ0) is 22.7. The van der Waals surface area contributed by atoms with E-state index in [9.17, 15) is 15.3 Å². The maximum Gasteiger partial charge on any atom is 0.138 e. The van der Waals surface area contributed by atoms with Crippen LogP contribution in [0.25, 0.3) is 0 Å². The third-order valence-corrected chi connectivity index (χ3v) is 6.88. The summed E-state index contributed by atoms with van der Waals surface area (Å²) in [7, 11) is 1.49. The molecule has 0 aromatic heterocycles. The molecule has 6 nitrogen and oxygen atoms in total. The van der Waals surface area contributed by atoms with Crippen molar-refractivity contribution in [2.24, 2.45) is 0 Å². The van der Waals surface area contributed by atoms with Gasteiger partial charge < -0.3 is 29.5 Å². The van der Waals surface area contributed by atoms with Gasteiger partial charge in [0, 0.05) is 7.11 Å². The first-order chi connectivity index (χ1) is 15.5. The Hall–Kier alpha value is -1.67.